The van der Waals surface area contributed by atoms with Gasteiger partial charge in [-0.15, -0.1) is 0 Å². The van der Waals surface area contributed by atoms with Crippen LogP contribution in [0.2, 0.25) is 0 Å². The van der Waals surface area contributed by atoms with Gasteiger partial charge in [0, 0.05) is 16.5 Å². The zero-order valence-electron chi connectivity index (χ0n) is 12.8. The Balaban J connectivity index is 2.06. The molecule has 0 fully saturated rings. The van der Waals surface area contributed by atoms with Gasteiger partial charge in [-0.3, -0.25) is 0 Å². The number of aryl methyl sites for hydroxylation is 1. The molecule has 0 aliphatic heterocycles. The van der Waals surface area contributed by atoms with Crippen LogP contribution in [-0.4, -0.2) is 21.7 Å². The largest absolute Gasteiger partial charge is 0.488 e. The normalized spacial score (nSPS) is 11.3. The van der Waals surface area contributed by atoms with Gasteiger partial charge in [0.25, 0.3) is 0 Å². The molecular formula is C19H16BNO2. The minimum Gasteiger partial charge on any atom is -0.423 e. The molecule has 1 aromatic heterocycles. The Morgan fingerprint density at radius 3 is 1.87 bits per heavy atom. The molecule has 3 aromatic carbocycles. The topological polar surface area (TPSA) is 45.4 Å². The zero-order valence-corrected chi connectivity index (χ0v) is 12.8. The van der Waals surface area contributed by atoms with Crippen LogP contribution in [0.4, 0.5) is 0 Å². The van der Waals surface area contributed by atoms with Crippen LogP contribution < -0.4 is 5.46 Å². The van der Waals surface area contributed by atoms with Crippen molar-refractivity contribution in [1.82, 2.24) is 4.57 Å². The van der Waals surface area contributed by atoms with E-state index in [1.165, 1.54) is 10.8 Å². The second-order valence-corrected chi connectivity index (χ2v) is 5.78. The highest BCUT2D eigenvalue weighted by molar-refractivity contribution is 6.59. The molecule has 0 aliphatic carbocycles. The van der Waals surface area contributed by atoms with Crippen LogP contribution >= 0.6 is 0 Å². The molecule has 0 unspecified atom stereocenters. The van der Waals surface area contributed by atoms with Gasteiger partial charge in [-0.05, 0) is 42.2 Å². The average Bonchev–Trinajstić information content (AvgIpc) is 2.89. The molecule has 0 radical (unpaired) electrons. The Morgan fingerprint density at radius 2 is 1.35 bits per heavy atom. The molecule has 112 valence electrons. The summed E-state index contributed by atoms with van der Waals surface area (Å²) in [6.07, 6.45) is 0. The Labute approximate surface area is 134 Å². The molecule has 0 saturated heterocycles. The van der Waals surface area contributed by atoms with Crippen LogP contribution in [0.1, 0.15) is 5.56 Å². The number of fused-ring (bicyclic) bond motifs is 3. The Hall–Kier alpha value is -2.56. The van der Waals surface area contributed by atoms with Crippen molar-refractivity contribution in [1.29, 1.82) is 0 Å². The number of benzene rings is 3. The maximum atomic E-state index is 9.42. The minimum atomic E-state index is -1.44. The summed E-state index contributed by atoms with van der Waals surface area (Å²) in [5, 5.41) is 21.3. The van der Waals surface area contributed by atoms with Crippen LogP contribution in [0.3, 0.4) is 0 Å². The highest BCUT2D eigenvalue weighted by Crippen LogP contribution is 2.31. The summed E-state index contributed by atoms with van der Waals surface area (Å²) in [6.45, 7) is 1.89. The lowest BCUT2D eigenvalue weighted by Gasteiger charge is -2.11. The molecule has 0 aliphatic rings. The molecule has 0 bridgehead atoms. The van der Waals surface area contributed by atoms with Crippen molar-refractivity contribution in [2.24, 2.45) is 0 Å². The van der Waals surface area contributed by atoms with Crippen LogP contribution in [0.15, 0.2) is 66.7 Å². The van der Waals surface area contributed by atoms with Crippen LogP contribution in [-0.2, 0) is 0 Å². The van der Waals surface area contributed by atoms with Gasteiger partial charge in [-0.2, -0.15) is 0 Å². The first kappa shape index (κ1) is 14.1. The summed E-state index contributed by atoms with van der Waals surface area (Å²) in [6, 6.07) is 22.4. The van der Waals surface area contributed by atoms with Crippen molar-refractivity contribution in [3.05, 3.63) is 72.3 Å². The van der Waals surface area contributed by atoms with Gasteiger partial charge in [-0.1, -0.05) is 42.5 Å². The third-order valence-corrected chi connectivity index (χ3v) is 4.37. The third-order valence-electron chi connectivity index (χ3n) is 4.37. The molecule has 0 saturated carbocycles. The van der Waals surface area contributed by atoms with E-state index in [2.05, 4.69) is 41.0 Å². The Morgan fingerprint density at radius 1 is 0.783 bits per heavy atom. The number of hydrogen-bond donors (Lipinski definition) is 2. The number of rotatable bonds is 2. The van der Waals surface area contributed by atoms with Crippen molar-refractivity contribution in [3.63, 3.8) is 0 Å². The van der Waals surface area contributed by atoms with E-state index in [-0.39, 0.29) is 0 Å². The van der Waals surface area contributed by atoms with Crippen LogP contribution in [0, 0.1) is 6.92 Å². The standard InChI is InChI=1S/C19H16BNO2/c1-13-12-14(10-11-17(13)20(22)23)21-18-8-4-2-6-15(18)16-7-3-5-9-19(16)21/h2-12,22-23H,1H3. The fourth-order valence-electron chi connectivity index (χ4n) is 3.29. The molecule has 2 N–H and O–H groups in total. The van der Waals surface area contributed by atoms with Crippen LogP contribution in [0.25, 0.3) is 27.5 Å². The number of para-hydroxylation sites is 2. The SMILES string of the molecule is Cc1cc(-n2c3ccccc3c3ccccc32)ccc1B(O)O. The molecule has 3 nitrogen and oxygen atoms in total. The predicted octanol–water partition coefficient (Wildman–Crippen LogP) is 2.77. The van der Waals surface area contributed by atoms with Crippen molar-refractivity contribution in [2.75, 3.05) is 0 Å². The molecule has 0 amide bonds. The lowest BCUT2D eigenvalue weighted by atomic mass is 9.77. The molecule has 4 aromatic rings. The fourth-order valence-corrected chi connectivity index (χ4v) is 3.29. The first-order valence-electron chi connectivity index (χ1n) is 7.62. The smallest absolute Gasteiger partial charge is 0.423 e. The molecule has 4 heteroatoms. The van der Waals surface area contributed by atoms with E-state index >= 15 is 0 Å². The third kappa shape index (κ3) is 2.15. The summed E-state index contributed by atoms with van der Waals surface area (Å²) in [4.78, 5) is 0. The van der Waals surface area contributed by atoms with Gasteiger partial charge in [0.05, 0.1) is 11.0 Å². The number of hydrogen-bond acceptors (Lipinski definition) is 2. The van der Waals surface area contributed by atoms with Gasteiger partial charge in [0.1, 0.15) is 0 Å². The van der Waals surface area contributed by atoms with E-state index in [4.69, 9.17) is 0 Å². The summed E-state index contributed by atoms with van der Waals surface area (Å²) < 4.78 is 2.21. The molecule has 0 atom stereocenters. The summed E-state index contributed by atoms with van der Waals surface area (Å²) in [5.41, 5.74) is 4.70. The quantitative estimate of drug-likeness (QED) is 0.559. The van der Waals surface area contributed by atoms with Crippen LogP contribution in [0.5, 0.6) is 0 Å². The number of aromatic nitrogens is 1. The summed E-state index contributed by atoms with van der Waals surface area (Å²) in [5.74, 6) is 0. The van der Waals surface area contributed by atoms with Gasteiger partial charge in [0.2, 0.25) is 0 Å². The molecule has 4 rings (SSSR count). The Bertz CT molecular complexity index is 967. The maximum Gasteiger partial charge on any atom is 0.488 e. The van der Waals surface area contributed by atoms with Crippen molar-refractivity contribution in [3.8, 4) is 5.69 Å². The van der Waals surface area contributed by atoms with Gasteiger partial charge in [0.15, 0.2) is 0 Å². The second kappa shape index (κ2) is 5.27. The first-order chi connectivity index (χ1) is 11.2. The van der Waals surface area contributed by atoms with Gasteiger partial charge in [-0.25, -0.2) is 0 Å². The second-order valence-electron chi connectivity index (χ2n) is 5.78. The van der Waals surface area contributed by atoms with E-state index in [0.717, 1.165) is 22.3 Å². The van der Waals surface area contributed by atoms with E-state index in [9.17, 15) is 10.0 Å². The fraction of sp³-hybridized carbons (Fsp3) is 0.0526. The van der Waals surface area contributed by atoms with E-state index in [1.807, 2.05) is 31.2 Å². The van der Waals surface area contributed by atoms with Crippen molar-refractivity contribution >= 4 is 34.4 Å². The molecule has 0 spiro atoms. The number of nitrogens with zero attached hydrogens (tertiary/aromatic N) is 1. The van der Waals surface area contributed by atoms with Gasteiger partial charge < -0.3 is 14.6 Å². The predicted molar refractivity (Wildman–Crippen MR) is 95.3 cm³/mol. The zero-order chi connectivity index (χ0) is 16.0. The van der Waals surface area contributed by atoms with E-state index in [1.54, 1.807) is 6.07 Å². The monoisotopic (exact) mass is 301 g/mol. The summed E-state index contributed by atoms with van der Waals surface area (Å²) in [7, 11) is -1.44. The van der Waals surface area contributed by atoms with Crippen molar-refractivity contribution in [2.45, 2.75) is 6.92 Å². The maximum absolute atomic E-state index is 9.42. The highest BCUT2D eigenvalue weighted by atomic mass is 16.4. The van der Waals surface area contributed by atoms with E-state index in [0.29, 0.717) is 5.46 Å². The lowest BCUT2D eigenvalue weighted by molar-refractivity contribution is 0.425. The molecule has 23 heavy (non-hydrogen) atoms. The van der Waals surface area contributed by atoms with Gasteiger partial charge >= 0.3 is 7.12 Å². The Kier molecular flexibility index (Phi) is 3.22. The highest BCUT2D eigenvalue weighted by Gasteiger charge is 2.16. The van der Waals surface area contributed by atoms with Crippen molar-refractivity contribution < 1.29 is 10.0 Å². The average molecular weight is 301 g/mol. The molecule has 1 heterocycles. The lowest BCUT2D eigenvalue weighted by Crippen LogP contribution is -2.32. The molecular weight excluding hydrogens is 285 g/mol. The minimum absolute atomic E-state index is 0.537. The first-order valence-corrected chi connectivity index (χ1v) is 7.62. The summed E-state index contributed by atoms with van der Waals surface area (Å²) >= 11 is 0. The van der Waals surface area contributed by atoms with E-state index < -0.39 is 7.12 Å².